The summed E-state index contributed by atoms with van der Waals surface area (Å²) in [4.78, 5) is 26.7. The van der Waals surface area contributed by atoms with E-state index in [2.05, 4.69) is 15.0 Å². The number of halogens is 2. The zero-order chi connectivity index (χ0) is 17.5. The van der Waals surface area contributed by atoms with Gasteiger partial charge in [-0.15, -0.1) is 0 Å². The number of carbonyl (C=O) groups is 2. The second-order valence-corrected chi connectivity index (χ2v) is 4.98. The quantitative estimate of drug-likeness (QED) is 0.766. The van der Waals surface area contributed by atoms with Gasteiger partial charge in [0.15, 0.2) is 12.3 Å². The number of hydrogen-bond donors (Lipinski definition) is 1. The summed E-state index contributed by atoms with van der Waals surface area (Å²) in [5, 5.41) is 2.61. The van der Waals surface area contributed by atoms with Gasteiger partial charge in [0, 0.05) is 6.54 Å². The zero-order valence-electron chi connectivity index (χ0n) is 12.7. The number of hydrogen-bond acceptors (Lipinski definition) is 6. The predicted molar refractivity (Wildman–Crippen MR) is 81.2 cm³/mol. The van der Waals surface area contributed by atoms with Gasteiger partial charge >= 0.3 is 5.97 Å². The van der Waals surface area contributed by atoms with Crippen LogP contribution in [0.5, 0.6) is 5.75 Å². The molecule has 24 heavy (non-hydrogen) atoms. The van der Waals surface area contributed by atoms with Gasteiger partial charge in [-0.2, -0.15) is 0 Å². The van der Waals surface area contributed by atoms with E-state index in [1.165, 1.54) is 25.5 Å². The van der Waals surface area contributed by atoms with Gasteiger partial charge in [0.1, 0.15) is 17.8 Å². The van der Waals surface area contributed by atoms with E-state index < -0.39 is 17.7 Å². The SMILES string of the molecule is COC(=O)CCNC(=O)c1coc(COc2ccc(F)cc2Cl)n1. The van der Waals surface area contributed by atoms with Gasteiger partial charge in [0.05, 0.1) is 18.6 Å². The van der Waals surface area contributed by atoms with Crippen LogP contribution in [0.3, 0.4) is 0 Å². The molecule has 0 bridgehead atoms. The first kappa shape index (κ1) is 17.7. The number of nitrogens with one attached hydrogen (secondary N) is 1. The molecule has 1 heterocycles. The summed E-state index contributed by atoms with van der Waals surface area (Å²) in [5.41, 5.74) is 0.0451. The normalized spacial score (nSPS) is 10.3. The molecule has 0 aliphatic carbocycles. The second kappa shape index (κ2) is 8.30. The van der Waals surface area contributed by atoms with Gasteiger partial charge in [-0.05, 0) is 18.2 Å². The van der Waals surface area contributed by atoms with Gasteiger partial charge < -0.3 is 19.2 Å². The lowest BCUT2D eigenvalue weighted by Crippen LogP contribution is -2.26. The van der Waals surface area contributed by atoms with E-state index in [0.29, 0.717) is 0 Å². The van der Waals surface area contributed by atoms with Crippen molar-refractivity contribution >= 4 is 23.5 Å². The van der Waals surface area contributed by atoms with Gasteiger partial charge in [-0.1, -0.05) is 11.6 Å². The Morgan fingerprint density at radius 1 is 1.42 bits per heavy atom. The van der Waals surface area contributed by atoms with Crippen LogP contribution < -0.4 is 10.1 Å². The first-order chi connectivity index (χ1) is 11.5. The fourth-order valence-electron chi connectivity index (χ4n) is 1.68. The van der Waals surface area contributed by atoms with Crippen molar-refractivity contribution in [3.63, 3.8) is 0 Å². The number of carbonyl (C=O) groups excluding carboxylic acids is 2. The Hall–Kier alpha value is -2.61. The molecule has 1 aromatic carbocycles. The van der Waals surface area contributed by atoms with Gasteiger partial charge in [-0.3, -0.25) is 9.59 Å². The van der Waals surface area contributed by atoms with Gasteiger partial charge in [0.2, 0.25) is 5.89 Å². The molecule has 1 aromatic heterocycles. The molecule has 0 saturated heterocycles. The van der Waals surface area contributed by atoms with Crippen LogP contribution in [0.2, 0.25) is 5.02 Å². The first-order valence-electron chi connectivity index (χ1n) is 6.87. The topological polar surface area (TPSA) is 90.7 Å². The lowest BCUT2D eigenvalue weighted by atomic mass is 10.3. The fourth-order valence-corrected chi connectivity index (χ4v) is 1.91. The second-order valence-electron chi connectivity index (χ2n) is 4.57. The number of benzene rings is 1. The molecule has 1 N–H and O–H groups in total. The highest BCUT2D eigenvalue weighted by Gasteiger charge is 2.13. The molecule has 2 aromatic rings. The van der Waals surface area contributed by atoms with Crippen molar-refractivity contribution in [2.24, 2.45) is 0 Å². The Kier molecular flexibility index (Phi) is 6.14. The van der Waals surface area contributed by atoms with Crippen molar-refractivity contribution in [3.05, 3.63) is 46.9 Å². The van der Waals surface area contributed by atoms with E-state index in [1.807, 2.05) is 0 Å². The third-order valence-electron chi connectivity index (χ3n) is 2.87. The maximum atomic E-state index is 12.9. The van der Waals surface area contributed by atoms with E-state index in [1.54, 1.807) is 0 Å². The maximum absolute atomic E-state index is 12.9. The van der Waals surface area contributed by atoms with Gasteiger partial charge in [-0.25, -0.2) is 9.37 Å². The summed E-state index contributed by atoms with van der Waals surface area (Å²) in [6.07, 6.45) is 1.22. The van der Waals surface area contributed by atoms with E-state index in [4.69, 9.17) is 20.8 Å². The molecule has 0 aliphatic rings. The monoisotopic (exact) mass is 356 g/mol. The third kappa shape index (κ3) is 4.95. The molecular formula is C15H14ClFN2O5. The average Bonchev–Trinajstić information content (AvgIpc) is 3.02. The van der Waals surface area contributed by atoms with Crippen LogP contribution in [0.4, 0.5) is 4.39 Å². The number of aromatic nitrogens is 1. The molecule has 2 rings (SSSR count). The van der Waals surface area contributed by atoms with E-state index >= 15 is 0 Å². The van der Waals surface area contributed by atoms with Crippen LogP contribution in [0.15, 0.2) is 28.9 Å². The summed E-state index contributed by atoms with van der Waals surface area (Å²) in [6, 6.07) is 3.70. The number of ether oxygens (including phenoxy) is 2. The number of methoxy groups -OCH3 is 1. The van der Waals surface area contributed by atoms with Crippen LogP contribution >= 0.6 is 11.6 Å². The molecule has 0 atom stereocenters. The van der Waals surface area contributed by atoms with Crippen LogP contribution in [0.25, 0.3) is 0 Å². The van der Waals surface area contributed by atoms with Crippen molar-refractivity contribution in [3.8, 4) is 5.75 Å². The van der Waals surface area contributed by atoms with Crippen LogP contribution in [-0.4, -0.2) is 30.5 Å². The fraction of sp³-hybridized carbons (Fsp3) is 0.267. The van der Waals surface area contributed by atoms with Crippen LogP contribution in [0.1, 0.15) is 22.8 Å². The number of nitrogens with zero attached hydrogens (tertiary/aromatic N) is 1. The minimum absolute atomic E-state index is 0.0451. The number of amides is 1. The van der Waals surface area contributed by atoms with E-state index in [0.717, 1.165) is 6.07 Å². The van der Waals surface area contributed by atoms with Crippen molar-refractivity contribution in [1.29, 1.82) is 0 Å². The van der Waals surface area contributed by atoms with Crippen LogP contribution in [-0.2, 0) is 16.1 Å². The zero-order valence-corrected chi connectivity index (χ0v) is 13.4. The summed E-state index contributed by atoms with van der Waals surface area (Å²) in [5.74, 6) is -0.988. The van der Waals surface area contributed by atoms with E-state index in [9.17, 15) is 14.0 Å². The number of rotatable bonds is 7. The van der Waals surface area contributed by atoms with Crippen molar-refractivity contribution in [2.75, 3.05) is 13.7 Å². The van der Waals surface area contributed by atoms with Crippen molar-refractivity contribution < 1.29 is 27.9 Å². The van der Waals surface area contributed by atoms with Crippen molar-refractivity contribution in [2.45, 2.75) is 13.0 Å². The Morgan fingerprint density at radius 2 is 2.21 bits per heavy atom. The maximum Gasteiger partial charge on any atom is 0.307 e. The molecule has 1 amide bonds. The highest BCUT2D eigenvalue weighted by molar-refractivity contribution is 6.32. The highest BCUT2D eigenvalue weighted by Crippen LogP contribution is 2.25. The lowest BCUT2D eigenvalue weighted by Gasteiger charge is -2.05. The lowest BCUT2D eigenvalue weighted by molar-refractivity contribution is -0.140. The average molecular weight is 357 g/mol. The summed E-state index contributed by atoms with van der Waals surface area (Å²) < 4.78 is 27.9. The molecule has 0 radical (unpaired) electrons. The summed E-state index contributed by atoms with van der Waals surface area (Å²) in [7, 11) is 1.27. The predicted octanol–water partition coefficient (Wildman–Crippen LogP) is 2.34. The molecule has 0 saturated carbocycles. The Balaban J connectivity index is 1.86. The molecule has 0 fully saturated rings. The first-order valence-corrected chi connectivity index (χ1v) is 7.24. The molecule has 128 valence electrons. The molecular weight excluding hydrogens is 343 g/mol. The molecule has 9 heteroatoms. The minimum atomic E-state index is -0.492. The molecule has 0 unspecified atom stereocenters. The summed E-state index contributed by atoms with van der Waals surface area (Å²) in [6.45, 7) is 0.0379. The smallest absolute Gasteiger partial charge is 0.307 e. The van der Waals surface area contributed by atoms with Gasteiger partial charge in [0.25, 0.3) is 5.91 Å². The van der Waals surface area contributed by atoms with Crippen molar-refractivity contribution in [1.82, 2.24) is 10.3 Å². The Labute approximate surface area is 141 Å². The largest absolute Gasteiger partial charge is 0.482 e. The Bertz CT molecular complexity index is 734. The minimum Gasteiger partial charge on any atom is -0.482 e. The van der Waals surface area contributed by atoms with E-state index in [-0.39, 0.29) is 41.9 Å². The summed E-state index contributed by atoms with van der Waals surface area (Å²) >= 11 is 5.83. The molecule has 0 spiro atoms. The highest BCUT2D eigenvalue weighted by atomic mass is 35.5. The molecule has 7 nitrogen and oxygen atoms in total. The number of oxazole rings is 1. The van der Waals surface area contributed by atoms with Crippen LogP contribution in [0, 0.1) is 5.82 Å². The third-order valence-corrected chi connectivity index (χ3v) is 3.17. The standard InChI is InChI=1S/C15H14ClFN2O5/c1-22-14(20)4-5-18-15(21)11-7-24-13(19-11)8-23-12-3-2-9(17)6-10(12)16/h2-3,6-7H,4-5,8H2,1H3,(H,18,21). The number of esters is 1. The Morgan fingerprint density at radius 3 is 2.92 bits per heavy atom. The molecule has 0 aliphatic heterocycles.